The maximum Gasteiger partial charge on any atom is 0.206 e. The molecule has 5 heteroatoms. The lowest BCUT2D eigenvalue weighted by Crippen LogP contribution is -1.96. The minimum Gasteiger partial charge on any atom is -0.357 e. The number of anilines is 1. The van der Waals surface area contributed by atoms with Crippen molar-refractivity contribution < 1.29 is 0 Å². The van der Waals surface area contributed by atoms with Crippen LogP contribution in [0.3, 0.4) is 0 Å². The molecule has 0 spiro atoms. The Balaban J connectivity index is 2.48. The number of hydrogen-bond acceptors (Lipinski definition) is 5. The Hall–Kier alpha value is -0.550. The van der Waals surface area contributed by atoms with Crippen molar-refractivity contribution >= 4 is 28.2 Å². The molecule has 1 N–H and O–H groups in total. The molecule has 0 bridgehead atoms. The number of thioether (sulfide) groups is 1. The van der Waals surface area contributed by atoms with Gasteiger partial charge in [0.1, 0.15) is 0 Å². The van der Waals surface area contributed by atoms with Gasteiger partial charge in [0, 0.05) is 11.8 Å². The zero-order valence-electron chi connectivity index (χ0n) is 7.78. The van der Waals surface area contributed by atoms with E-state index in [0.29, 0.717) is 5.25 Å². The van der Waals surface area contributed by atoms with Gasteiger partial charge in [-0.3, -0.25) is 0 Å². The van der Waals surface area contributed by atoms with Crippen LogP contribution in [0.1, 0.15) is 13.8 Å². The van der Waals surface area contributed by atoms with E-state index in [9.17, 15) is 0 Å². The van der Waals surface area contributed by atoms with Crippen LogP contribution in [0.5, 0.6) is 0 Å². The standard InChI is InChI=1S/C8H13N3S2/c1-4-5-9-7-10-11-8(13-7)12-6(2)3/h4,6H,1,5H2,2-3H3,(H,9,10). The fourth-order valence-electron chi connectivity index (χ4n) is 0.690. The zero-order chi connectivity index (χ0) is 9.68. The molecule has 1 aromatic heterocycles. The molecular weight excluding hydrogens is 202 g/mol. The Morgan fingerprint density at radius 2 is 2.38 bits per heavy atom. The second kappa shape index (κ2) is 5.24. The lowest BCUT2D eigenvalue weighted by atomic mass is 10.6. The molecule has 0 atom stereocenters. The molecule has 0 amide bonds. The van der Waals surface area contributed by atoms with Gasteiger partial charge in [0.25, 0.3) is 0 Å². The van der Waals surface area contributed by atoms with Crippen LogP contribution in [0.25, 0.3) is 0 Å². The summed E-state index contributed by atoms with van der Waals surface area (Å²) in [6.45, 7) is 8.64. The first kappa shape index (κ1) is 10.5. The molecule has 1 aromatic rings. The highest BCUT2D eigenvalue weighted by Gasteiger charge is 2.05. The first-order valence-electron chi connectivity index (χ1n) is 4.07. The SMILES string of the molecule is C=CCNc1nnc(SC(C)C)s1. The third-order valence-electron chi connectivity index (χ3n) is 1.14. The summed E-state index contributed by atoms with van der Waals surface area (Å²) in [6, 6.07) is 0. The van der Waals surface area contributed by atoms with E-state index in [0.717, 1.165) is 16.0 Å². The van der Waals surface area contributed by atoms with Crippen molar-refractivity contribution in [3.63, 3.8) is 0 Å². The molecule has 0 aliphatic rings. The Morgan fingerprint density at radius 1 is 1.62 bits per heavy atom. The zero-order valence-corrected chi connectivity index (χ0v) is 9.41. The summed E-state index contributed by atoms with van der Waals surface area (Å²) < 4.78 is 1.02. The highest BCUT2D eigenvalue weighted by Crippen LogP contribution is 2.28. The van der Waals surface area contributed by atoms with Crippen molar-refractivity contribution in [2.45, 2.75) is 23.4 Å². The van der Waals surface area contributed by atoms with Gasteiger partial charge in [0.05, 0.1) is 0 Å². The lowest BCUT2D eigenvalue weighted by Gasteiger charge is -1.97. The summed E-state index contributed by atoms with van der Waals surface area (Å²) in [4.78, 5) is 0. The summed E-state index contributed by atoms with van der Waals surface area (Å²) in [5, 5.41) is 12.6. The van der Waals surface area contributed by atoms with Crippen LogP contribution < -0.4 is 5.32 Å². The smallest absolute Gasteiger partial charge is 0.206 e. The minimum absolute atomic E-state index is 0.556. The average Bonchev–Trinajstić information content (AvgIpc) is 2.48. The molecule has 1 rings (SSSR count). The topological polar surface area (TPSA) is 37.8 Å². The highest BCUT2D eigenvalue weighted by molar-refractivity contribution is 8.01. The molecule has 0 aliphatic heterocycles. The largest absolute Gasteiger partial charge is 0.357 e. The van der Waals surface area contributed by atoms with Crippen molar-refractivity contribution in [3.05, 3.63) is 12.7 Å². The summed E-state index contributed by atoms with van der Waals surface area (Å²) in [5.41, 5.74) is 0. The van der Waals surface area contributed by atoms with Crippen LogP contribution in [0.15, 0.2) is 17.0 Å². The molecule has 0 saturated heterocycles. The molecule has 0 unspecified atom stereocenters. The monoisotopic (exact) mass is 215 g/mol. The number of nitrogens with one attached hydrogen (secondary N) is 1. The molecule has 0 aromatic carbocycles. The third kappa shape index (κ3) is 3.78. The third-order valence-corrected chi connectivity index (χ3v) is 3.11. The quantitative estimate of drug-likeness (QED) is 0.605. The van der Waals surface area contributed by atoms with Crippen LogP contribution in [-0.4, -0.2) is 22.0 Å². The van der Waals surface area contributed by atoms with Gasteiger partial charge in [-0.2, -0.15) is 0 Å². The average molecular weight is 215 g/mol. The Morgan fingerprint density at radius 3 is 3.00 bits per heavy atom. The predicted octanol–water partition coefficient (Wildman–Crippen LogP) is 2.64. The van der Waals surface area contributed by atoms with Crippen LogP contribution in [0.2, 0.25) is 0 Å². The van der Waals surface area contributed by atoms with E-state index in [1.54, 1.807) is 29.2 Å². The molecule has 72 valence electrons. The minimum atomic E-state index is 0.556. The van der Waals surface area contributed by atoms with Crippen molar-refractivity contribution in [2.75, 3.05) is 11.9 Å². The van der Waals surface area contributed by atoms with Crippen molar-refractivity contribution in [1.82, 2.24) is 10.2 Å². The van der Waals surface area contributed by atoms with E-state index >= 15 is 0 Å². The van der Waals surface area contributed by atoms with E-state index in [1.165, 1.54) is 0 Å². The molecule has 13 heavy (non-hydrogen) atoms. The van der Waals surface area contributed by atoms with Gasteiger partial charge in [-0.25, -0.2) is 0 Å². The van der Waals surface area contributed by atoms with Crippen LogP contribution in [0, 0.1) is 0 Å². The summed E-state index contributed by atoms with van der Waals surface area (Å²) in [6.07, 6.45) is 1.80. The molecule has 0 radical (unpaired) electrons. The van der Waals surface area contributed by atoms with E-state index in [2.05, 4.69) is 35.9 Å². The van der Waals surface area contributed by atoms with Crippen LogP contribution in [0.4, 0.5) is 5.13 Å². The van der Waals surface area contributed by atoms with Gasteiger partial charge < -0.3 is 5.32 Å². The van der Waals surface area contributed by atoms with E-state index in [-0.39, 0.29) is 0 Å². The van der Waals surface area contributed by atoms with E-state index in [4.69, 9.17) is 0 Å². The number of nitrogens with zero attached hydrogens (tertiary/aromatic N) is 2. The van der Waals surface area contributed by atoms with Gasteiger partial charge in [-0.15, -0.1) is 16.8 Å². The summed E-state index contributed by atoms with van der Waals surface area (Å²) in [5.74, 6) is 0. The van der Waals surface area contributed by atoms with Gasteiger partial charge in [-0.05, 0) is 0 Å². The molecular formula is C8H13N3S2. The maximum atomic E-state index is 4.04. The fourth-order valence-corrected chi connectivity index (χ4v) is 2.67. The van der Waals surface area contributed by atoms with Gasteiger partial charge in [0.15, 0.2) is 4.34 Å². The number of rotatable bonds is 5. The van der Waals surface area contributed by atoms with Crippen molar-refractivity contribution in [3.8, 4) is 0 Å². The first-order chi connectivity index (χ1) is 6.22. The van der Waals surface area contributed by atoms with Crippen molar-refractivity contribution in [2.24, 2.45) is 0 Å². The molecule has 0 fully saturated rings. The van der Waals surface area contributed by atoms with Gasteiger partial charge >= 0.3 is 0 Å². The Labute approximate surface area is 86.7 Å². The number of aromatic nitrogens is 2. The predicted molar refractivity (Wildman–Crippen MR) is 59.6 cm³/mol. The second-order valence-corrected chi connectivity index (χ2v) is 5.51. The van der Waals surface area contributed by atoms with Crippen molar-refractivity contribution in [1.29, 1.82) is 0 Å². The Bertz CT molecular complexity index is 270. The van der Waals surface area contributed by atoms with Gasteiger partial charge in [-0.1, -0.05) is 43.0 Å². The summed E-state index contributed by atoms with van der Waals surface area (Å²) >= 11 is 3.31. The van der Waals surface area contributed by atoms with E-state index < -0.39 is 0 Å². The highest BCUT2D eigenvalue weighted by atomic mass is 32.2. The molecule has 0 saturated carbocycles. The molecule has 3 nitrogen and oxygen atoms in total. The lowest BCUT2D eigenvalue weighted by molar-refractivity contribution is 0.998. The summed E-state index contributed by atoms with van der Waals surface area (Å²) in [7, 11) is 0. The second-order valence-electron chi connectivity index (χ2n) is 2.71. The van der Waals surface area contributed by atoms with Crippen LogP contribution >= 0.6 is 23.1 Å². The van der Waals surface area contributed by atoms with Gasteiger partial charge in [0.2, 0.25) is 5.13 Å². The molecule has 0 aliphatic carbocycles. The van der Waals surface area contributed by atoms with Crippen LogP contribution in [-0.2, 0) is 0 Å². The fraction of sp³-hybridized carbons (Fsp3) is 0.500. The molecule has 1 heterocycles. The normalized spacial score (nSPS) is 10.4. The Kier molecular flexibility index (Phi) is 4.24. The first-order valence-corrected chi connectivity index (χ1v) is 5.77. The van der Waals surface area contributed by atoms with E-state index in [1.807, 2.05) is 0 Å². The number of hydrogen-bond donors (Lipinski definition) is 1. The maximum absolute atomic E-state index is 4.04.